The zero-order chi connectivity index (χ0) is 18.7. The van der Waals surface area contributed by atoms with Crippen molar-refractivity contribution in [3.05, 3.63) is 62.4 Å². The molecule has 0 unspecified atom stereocenters. The van der Waals surface area contributed by atoms with Gasteiger partial charge in [-0.25, -0.2) is 17.5 Å². The third-order valence-electron chi connectivity index (χ3n) is 4.45. The molecule has 0 radical (unpaired) electrons. The predicted molar refractivity (Wildman–Crippen MR) is 102 cm³/mol. The SMILES string of the molecule is CN(CCCn1c2c(c(=O)[nH]c1=O)CSCC2)S(=O)(=O)c1ccccc1. The van der Waals surface area contributed by atoms with Crippen molar-refractivity contribution in [1.29, 1.82) is 0 Å². The molecule has 1 aliphatic rings. The summed E-state index contributed by atoms with van der Waals surface area (Å²) >= 11 is 1.67. The van der Waals surface area contributed by atoms with Gasteiger partial charge in [0.2, 0.25) is 10.0 Å². The van der Waals surface area contributed by atoms with E-state index in [-0.39, 0.29) is 17.0 Å². The smallest absolute Gasteiger partial charge is 0.297 e. The van der Waals surface area contributed by atoms with Crippen LogP contribution < -0.4 is 11.2 Å². The number of H-pyrrole nitrogens is 1. The lowest BCUT2D eigenvalue weighted by atomic mass is 10.2. The number of aromatic nitrogens is 2. The third kappa shape index (κ3) is 3.79. The van der Waals surface area contributed by atoms with E-state index in [1.807, 2.05) is 0 Å². The molecular formula is C17H21N3O4S2. The summed E-state index contributed by atoms with van der Waals surface area (Å²) in [6.07, 6.45) is 1.16. The molecule has 140 valence electrons. The lowest BCUT2D eigenvalue weighted by Crippen LogP contribution is -2.37. The number of hydrogen-bond donors (Lipinski definition) is 1. The number of nitrogens with one attached hydrogen (secondary N) is 1. The Labute approximate surface area is 156 Å². The van der Waals surface area contributed by atoms with Crippen LogP contribution in [0.25, 0.3) is 0 Å². The van der Waals surface area contributed by atoms with Crippen LogP contribution in [0.5, 0.6) is 0 Å². The van der Waals surface area contributed by atoms with E-state index in [4.69, 9.17) is 0 Å². The zero-order valence-electron chi connectivity index (χ0n) is 14.5. The topological polar surface area (TPSA) is 92.2 Å². The molecule has 1 aromatic heterocycles. The van der Waals surface area contributed by atoms with Crippen molar-refractivity contribution in [3.8, 4) is 0 Å². The number of fused-ring (bicyclic) bond motifs is 1. The Kier molecular flexibility index (Phi) is 5.69. The molecule has 0 saturated carbocycles. The quantitative estimate of drug-likeness (QED) is 0.789. The van der Waals surface area contributed by atoms with E-state index >= 15 is 0 Å². The van der Waals surface area contributed by atoms with Crippen LogP contribution in [0.3, 0.4) is 0 Å². The van der Waals surface area contributed by atoms with E-state index in [1.165, 1.54) is 11.4 Å². The van der Waals surface area contributed by atoms with Gasteiger partial charge in [-0.2, -0.15) is 11.8 Å². The molecule has 1 N–H and O–H groups in total. The van der Waals surface area contributed by atoms with Gasteiger partial charge in [0.05, 0.1) is 4.90 Å². The fourth-order valence-electron chi connectivity index (χ4n) is 3.01. The molecule has 0 atom stereocenters. The summed E-state index contributed by atoms with van der Waals surface area (Å²) in [5.41, 5.74) is 0.712. The number of aromatic amines is 1. The molecule has 0 aliphatic carbocycles. The van der Waals surface area contributed by atoms with Crippen molar-refractivity contribution in [2.75, 3.05) is 19.3 Å². The van der Waals surface area contributed by atoms with Gasteiger partial charge in [-0.1, -0.05) is 18.2 Å². The van der Waals surface area contributed by atoms with Crippen LogP contribution in [0.1, 0.15) is 17.7 Å². The molecule has 0 saturated heterocycles. The van der Waals surface area contributed by atoms with E-state index in [0.717, 1.165) is 11.4 Å². The van der Waals surface area contributed by atoms with Crippen molar-refractivity contribution in [2.45, 2.75) is 30.0 Å². The second-order valence-electron chi connectivity index (χ2n) is 6.13. The van der Waals surface area contributed by atoms with Crippen molar-refractivity contribution >= 4 is 21.8 Å². The highest BCUT2D eigenvalue weighted by Gasteiger charge is 2.21. The maximum atomic E-state index is 12.5. The molecule has 0 fully saturated rings. The van der Waals surface area contributed by atoms with Gasteiger partial charge in [0.1, 0.15) is 0 Å². The summed E-state index contributed by atoms with van der Waals surface area (Å²) < 4.78 is 27.9. The molecular weight excluding hydrogens is 374 g/mol. The highest BCUT2D eigenvalue weighted by atomic mass is 32.2. The molecule has 2 heterocycles. The average Bonchev–Trinajstić information content (AvgIpc) is 2.65. The van der Waals surface area contributed by atoms with E-state index in [1.54, 1.807) is 46.7 Å². The minimum atomic E-state index is -3.54. The first-order valence-electron chi connectivity index (χ1n) is 8.35. The van der Waals surface area contributed by atoms with E-state index in [0.29, 0.717) is 30.7 Å². The number of hydrogen-bond acceptors (Lipinski definition) is 5. The van der Waals surface area contributed by atoms with Gasteiger partial charge in [0.15, 0.2) is 0 Å². The number of benzene rings is 1. The summed E-state index contributed by atoms with van der Waals surface area (Å²) in [5, 5.41) is 0. The molecule has 1 aliphatic heterocycles. The number of rotatable bonds is 6. The predicted octanol–water partition coefficient (Wildman–Crippen LogP) is 1.04. The maximum Gasteiger partial charge on any atom is 0.328 e. The summed E-state index contributed by atoms with van der Waals surface area (Å²) in [6, 6.07) is 8.26. The van der Waals surface area contributed by atoms with Crippen molar-refractivity contribution in [3.63, 3.8) is 0 Å². The van der Waals surface area contributed by atoms with Gasteiger partial charge in [-0.3, -0.25) is 14.3 Å². The molecule has 9 heteroatoms. The first-order chi connectivity index (χ1) is 12.4. The van der Waals surface area contributed by atoms with E-state index < -0.39 is 15.7 Å². The second-order valence-corrected chi connectivity index (χ2v) is 9.28. The Hall–Kier alpha value is -1.84. The second kappa shape index (κ2) is 7.81. The Morgan fingerprint density at radius 3 is 2.69 bits per heavy atom. The van der Waals surface area contributed by atoms with Crippen molar-refractivity contribution in [1.82, 2.24) is 13.9 Å². The van der Waals surface area contributed by atoms with Crippen LogP contribution in [-0.2, 0) is 28.7 Å². The molecule has 7 nitrogen and oxygen atoms in total. The Morgan fingerprint density at radius 1 is 1.23 bits per heavy atom. The number of sulfonamides is 1. The average molecular weight is 396 g/mol. The highest BCUT2D eigenvalue weighted by molar-refractivity contribution is 7.98. The van der Waals surface area contributed by atoms with Gasteiger partial charge in [-0.05, 0) is 30.7 Å². The van der Waals surface area contributed by atoms with Crippen molar-refractivity contribution in [2.24, 2.45) is 0 Å². The summed E-state index contributed by atoms with van der Waals surface area (Å²) in [6.45, 7) is 0.656. The Balaban J connectivity index is 1.73. The largest absolute Gasteiger partial charge is 0.328 e. The van der Waals surface area contributed by atoms with Crippen molar-refractivity contribution < 1.29 is 8.42 Å². The molecule has 0 bridgehead atoms. The maximum absolute atomic E-state index is 12.5. The van der Waals surface area contributed by atoms with Crippen LogP contribution in [0.4, 0.5) is 0 Å². The first kappa shape index (κ1) is 18.9. The van der Waals surface area contributed by atoms with Gasteiger partial charge < -0.3 is 0 Å². The van der Waals surface area contributed by atoms with Crippen LogP contribution in [0, 0.1) is 0 Å². The minimum Gasteiger partial charge on any atom is -0.297 e. The highest BCUT2D eigenvalue weighted by Crippen LogP contribution is 2.21. The lowest BCUT2D eigenvalue weighted by molar-refractivity contribution is 0.439. The third-order valence-corrected chi connectivity index (χ3v) is 7.31. The van der Waals surface area contributed by atoms with E-state index in [2.05, 4.69) is 4.98 Å². The molecule has 0 amide bonds. The number of nitrogens with zero attached hydrogens (tertiary/aromatic N) is 2. The fraction of sp³-hybridized carbons (Fsp3) is 0.412. The molecule has 2 aromatic rings. The standard InChI is InChI=1S/C17H21N3O4S2/c1-19(26(23,24)13-6-3-2-4-7-13)9-5-10-20-15-8-11-25-12-14(15)16(21)18-17(20)22/h2-4,6-7H,5,8-12H2,1H3,(H,18,21,22). The summed E-state index contributed by atoms with van der Waals surface area (Å²) in [5.74, 6) is 1.48. The van der Waals surface area contributed by atoms with Crippen LogP contribution in [-0.4, -0.2) is 41.6 Å². The molecule has 0 spiro atoms. The van der Waals surface area contributed by atoms with Crippen LogP contribution in [0.2, 0.25) is 0 Å². The van der Waals surface area contributed by atoms with Gasteiger partial charge >= 0.3 is 5.69 Å². The van der Waals surface area contributed by atoms with Gasteiger partial charge in [-0.15, -0.1) is 0 Å². The molecule has 3 rings (SSSR count). The minimum absolute atomic E-state index is 0.248. The lowest BCUT2D eigenvalue weighted by Gasteiger charge is -2.21. The monoisotopic (exact) mass is 395 g/mol. The summed E-state index contributed by atoms with van der Waals surface area (Å²) in [4.78, 5) is 26.7. The fourth-order valence-corrected chi connectivity index (χ4v) is 5.23. The van der Waals surface area contributed by atoms with Gasteiger partial charge in [0.25, 0.3) is 5.56 Å². The van der Waals surface area contributed by atoms with Gasteiger partial charge in [0, 0.05) is 37.1 Å². The first-order valence-corrected chi connectivity index (χ1v) is 10.9. The zero-order valence-corrected chi connectivity index (χ0v) is 16.1. The molecule has 26 heavy (non-hydrogen) atoms. The normalized spacial score (nSPS) is 14.4. The Morgan fingerprint density at radius 2 is 1.96 bits per heavy atom. The van der Waals surface area contributed by atoms with E-state index in [9.17, 15) is 18.0 Å². The molecule has 1 aromatic carbocycles. The van der Waals surface area contributed by atoms with Crippen LogP contribution in [0.15, 0.2) is 44.8 Å². The number of thioether (sulfide) groups is 1. The summed E-state index contributed by atoms with van der Waals surface area (Å²) in [7, 11) is -2.01. The van der Waals surface area contributed by atoms with Crippen LogP contribution >= 0.6 is 11.8 Å². The Bertz CT molecular complexity index is 997.